The number of hydrogen-bond acceptors (Lipinski definition) is 9. The number of fused-ring (bicyclic) bond motifs is 3. The van der Waals surface area contributed by atoms with Crippen LogP contribution in [0, 0.1) is 0 Å². The Morgan fingerprint density at radius 3 is 2.74 bits per heavy atom. The summed E-state index contributed by atoms with van der Waals surface area (Å²) >= 11 is 1.82. The van der Waals surface area contributed by atoms with Crippen LogP contribution < -0.4 is 10.6 Å². The number of anilines is 3. The summed E-state index contributed by atoms with van der Waals surface area (Å²) in [6.07, 6.45) is 11.6. The molecule has 0 aromatic carbocycles. The molecular weight excluding hydrogens is 412 g/mol. The van der Waals surface area contributed by atoms with Gasteiger partial charge in [0.2, 0.25) is 5.95 Å². The fraction of sp³-hybridized carbons (Fsp3) is 0.591. The fourth-order valence-corrected chi connectivity index (χ4v) is 6.53. The van der Waals surface area contributed by atoms with Gasteiger partial charge in [0.25, 0.3) is 0 Å². The van der Waals surface area contributed by atoms with Crippen molar-refractivity contribution in [3.63, 3.8) is 0 Å². The normalized spacial score (nSPS) is 24.4. The van der Waals surface area contributed by atoms with E-state index in [4.69, 9.17) is 19.2 Å². The van der Waals surface area contributed by atoms with Gasteiger partial charge in [-0.05, 0) is 50.5 Å². The van der Waals surface area contributed by atoms with Gasteiger partial charge in [-0.3, -0.25) is 4.90 Å². The fourth-order valence-electron chi connectivity index (χ4n) is 5.27. The van der Waals surface area contributed by atoms with Crippen molar-refractivity contribution < 1.29 is 9.26 Å². The van der Waals surface area contributed by atoms with Crippen LogP contribution in [0.5, 0.6) is 0 Å². The molecule has 9 heteroatoms. The molecule has 2 fully saturated rings. The van der Waals surface area contributed by atoms with Gasteiger partial charge >= 0.3 is 0 Å². The molecule has 0 amide bonds. The summed E-state index contributed by atoms with van der Waals surface area (Å²) in [5.74, 6) is 1.58. The number of morpholine rings is 1. The minimum atomic E-state index is 0.454. The van der Waals surface area contributed by atoms with Gasteiger partial charge in [0.1, 0.15) is 22.6 Å². The third-order valence-corrected chi connectivity index (χ3v) is 8.04. The highest BCUT2D eigenvalue weighted by molar-refractivity contribution is 7.19. The van der Waals surface area contributed by atoms with Gasteiger partial charge in [0.15, 0.2) is 0 Å². The van der Waals surface area contributed by atoms with E-state index in [2.05, 4.69) is 20.7 Å². The molecule has 0 bridgehead atoms. The zero-order chi connectivity index (χ0) is 20.6. The zero-order valence-corrected chi connectivity index (χ0v) is 18.4. The SMILES string of the molecule is c1nocc1Nc1nc(NC2CCC(N3CCOCC3)CC2)c2c3c(sc2n1)CCC3. The van der Waals surface area contributed by atoms with Crippen LogP contribution in [-0.4, -0.2) is 58.4 Å². The van der Waals surface area contributed by atoms with Crippen molar-refractivity contribution in [2.24, 2.45) is 0 Å². The van der Waals surface area contributed by atoms with E-state index in [1.807, 2.05) is 11.3 Å². The standard InChI is InChI=1S/C22H28N6O2S/c1-2-17-18(3-1)31-21-19(17)20(26-22(27-21)25-15-12-23-30-13-15)24-14-4-6-16(7-5-14)28-8-10-29-11-9-28/h12-14,16H,1-11H2,(H2,24,25,26,27). The molecule has 2 N–H and O–H groups in total. The number of ether oxygens (including phenoxy) is 1. The summed E-state index contributed by atoms with van der Waals surface area (Å²) in [5, 5.41) is 12.1. The van der Waals surface area contributed by atoms with Gasteiger partial charge in [0.05, 0.1) is 24.8 Å². The summed E-state index contributed by atoms with van der Waals surface area (Å²) in [7, 11) is 0. The molecule has 1 aliphatic heterocycles. The summed E-state index contributed by atoms with van der Waals surface area (Å²) < 4.78 is 10.5. The Hall–Kier alpha value is -2.23. The number of nitrogens with one attached hydrogen (secondary N) is 2. The average molecular weight is 441 g/mol. The van der Waals surface area contributed by atoms with E-state index in [1.54, 1.807) is 12.5 Å². The lowest BCUT2D eigenvalue weighted by atomic mass is 9.90. The molecule has 0 unspecified atom stereocenters. The molecule has 2 aliphatic carbocycles. The first-order valence-corrected chi connectivity index (χ1v) is 12.2. The predicted molar refractivity (Wildman–Crippen MR) is 121 cm³/mol. The predicted octanol–water partition coefficient (Wildman–Crippen LogP) is 3.97. The number of nitrogens with zero attached hydrogens (tertiary/aromatic N) is 4. The largest absolute Gasteiger partial charge is 0.379 e. The van der Waals surface area contributed by atoms with Gasteiger partial charge in [-0.1, -0.05) is 5.16 Å². The quantitative estimate of drug-likeness (QED) is 0.616. The number of aryl methyl sites for hydroxylation is 2. The van der Waals surface area contributed by atoms with Gasteiger partial charge in [-0.15, -0.1) is 11.3 Å². The van der Waals surface area contributed by atoms with Crippen molar-refractivity contribution in [2.75, 3.05) is 36.9 Å². The Kier molecular flexibility index (Phi) is 5.25. The molecule has 0 atom stereocenters. The molecular formula is C22H28N6O2S. The summed E-state index contributed by atoms with van der Waals surface area (Å²) in [6, 6.07) is 1.15. The monoisotopic (exact) mass is 440 g/mol. The smallest absolute Gasteiger partial charge is 0.230 e. The van der Waals surface area contributed by atoms with Crippen LogP contribution in [0.25, 0.3) is 10.2 Å². The molecule has 3 aromatic rings. The maximum absolute atomic E-state index is 5.53. The van der Waals surface area contributed by atoms with E-state index < -0.39 is 0 Å². The van der Waals surface area contributed by atoms with Crippen LogP contribution >= 0.6 is 11.3 Å². The molecule has 8 nitrogen and oxygen atoms in total. The first-order valence-electron chi connectivity index (χ1n) is 11.4. The second-order valence-electron chi connectivity index (χ2n) is 8.77. The number of hydrogen-bond donors (Lipinski definition) is 2. The summed E-state index contributed by atoms with van der Waals surface area (Å²) in [4.78, 5) is 14.9. The Labute approximate surface area is 185 Å². The first kappa shape index (κ1) is 19.5. The molecule has 0 radical (unpaired) electrons. The average Bonchev–Trinajstić information content (AvgIpc) is 3.53. The molecule has 31 heavy (non-hydrogen) atoms. The van der Waals surface area contributed by atoms with Crippen LogP contribution in [0.2, 0.25) is 0 Å². The topological polar surface area (TPSA) is 88.3 Å². The van der Waals surface area contributed by atoms with Gasteiger partial charge < -0.3 is 19.9 Å². The van der Waals surface area contributed by atoms with Gasteiger partial charge in [-0.2, -0.15) is 4.98 Å². The minimum absolute atomic E-state index is 0.454. The Bertz CT molecular complexity index is 1040. The van der Waals surface area contributed by atoms with E-state index in [1.165, 1.54) is 47.9 Å². The summed E-state index contributed by atoms with van der Waals surface area (Å²) in [6.45, 7) is 3.91. The van der Waals surface area contributed by atoms with Crippen molar-refractivity contribution in [1.29, 1.82) is 0 Å². The molecule has 1 saturated carbocycles. The molecule has 3 aromatic heterocycles. The molecule has 4 heterocycles. The maximum Gasteiger partial charge on any atom is 0.230 e. The number of aromatic nitrogens is 3. The molecule has 164 valence electrons. The van der Waals surface area contributed by atoms with Crippen molar-refractivity contribution in [2.45, 2.75) is 57.0 Å². The lowest BCUT2D eigenvalue weighted by molar-refractivity contribution is 0.00791. The third-order valence-electron chi connectivity index (χ3n) is 6.85. The van der Waals surface area contributed by atoms with E-state index in [0.717, 1.165) is 55.5 Å². The van der Waals surface area contributed by atoms with Crippen LogP contribution in [0.1, 0.15) is 42.5 Å². The zero-order valence-electron chi connectivity index (χ0n) is 17.6. The van der Waals surface area contributed by atoms with Crippen LogP contribution in [0.15, 0.2) is 17.0 Å². The summed E-state index contributed by atoms with van der Waals surface area (Å²) in [5.41, 5.74) is 2.22. The Morgan fingerprint density at radius 2 is 1.94 bits per heavy atom. The van der Waals surface area contributed by atoms with E-state index in [9.17, 15) is 0 Å². The molecule has 3 aliphatic rings. The highest BCUT2D eigenvalue weighted by Crippen LogP contribution is 2.41. The minimum Gasteiger partial charge on any atom is -0.379 e. The Morgan fingerprint density at radius 1 is 1.06 bits per heavy atom. The lowest BCUT2D eigenvalue weighted by Gasteiger charge is -2.39. The maximum atomic E-state index is 5.53. The second-order valence-corrected chi connectivity index (χ2v) is 9.85. The first-order chi connectivity index (χ1) is 15.3. The lowest BCUT2D eigenvalue weighted by Crippen LogP contribution is -2.46. The number of rotatable bonds is 5. The Balaban J connectivity index is 1.23. The van der Waals surface area contributed by atoms with Crippen molar-refractivity contribution in [3.8, 4) is 0 Å². The van der Waals surface area contributed by atoms with Crippen molar-refractivity contribution in [3.05, 3.63) is 22.9 Å². The van der Waals surface area contributed by atoms with Crippen molar-refractivity contribution in [1.82, 2.24) is 20.0 Å². The van der Waals surface area contributed by atoms with Crippen LogP contribution in [0.4, 0.5) is 17.5 Å². The van der Waals surface area contributed by atoms with Crippen molar-refractivity contribution >= 4 is 39.0 Å². The van der Waals surface area contributed by atoms with E-state index in [-0.39, 0.29) is 0 Å². The van der Waals surface area contributed by atoms with E-state index in [0.29, 0.717) is 18.0 Å². The molecule has 6 rings (SSSR count). The third kappa shape index (κ3) is 3.90. The molecule has 1 saturated heterocycles. The van der Waals surface area contributed by atoms with Gasteiger partial charge in [0, 0.05) is 30.1 Å². The molecule has 0 spiro atoms. The van der Waals surface area contributed by atoms with E-state index >= 15 is 0 Å². The second kappa shape index (κ2) is 8.37. The van der Waals surface area contributed by atoms with Crippen LogP contribution in [0.3, 0.4) is 0 Å². The highest BCUT2D eigenvalue weighted by atomic mass is 32.1. The number of thiophene rings is 1. The highest BCUT2D eigenvalue weighted by Gasteiger charge is 2.29. The van der Waals surface area contributed by atoms with Gasteiger partial charge in [-0.25, -0.2) is 4.98 Å². The van der Waals surface area contributed by atoms with Crippen LogP contribution in [-0.2, 0) is 17.6 Å².